The van der Waals surface area contributed by atoms with Crippen LogP contribution in [0.5, 0.6) is 5.75 Å². The van der Waals surface area contributed by atoms with Crippen LogP contribution in [0, 0.1) is 5.92 Å². The van der Waals surface area contributed by atoms with Crippen LogP contribution >= 0.6 is 0 Å². The minimum absolute atomic E-state index is 0.0620. The van der Waals surface area contributed by atoms with Crippen molar-refractivity contribution < 1.29 is 9.90 Å². The number of phenols is 1. The lowest BCUT2D eigenvalue weighted by molar-refractivity contribution is -0.116. The normalized spacial score (nSPS) is 12.5. The molecular weight excluding hydrogens is 250 g/mol. The molecule has 0 radical (unpaired) electrons. The minimum Gasteiger partial charge on any atom is -0.508 e. The Morgan fingerprint density at radius 3 is 2.60 bits per heavy atom. The number of hydrogen-bond acceptors (Lipinski definition) is 2. The summed E-state index contributed by atoms with van der Waals surface area (Å²) in [6.07, 6.45) is 7.99. The van der Waals surface area contributed by atoms with E-state index in [2.05, 4.69) is 19.2 Å². The number of hydrogen-bond donors (Lipinski definition) is 2. The molecule has 0 spiro atoms. The summed E-state index contributed by atoms with van der Waals surface area (Å²) in [7, 11) is 0. The Morgan fingerprint density at radius 1 is 1.30 bits per heavy atom. The van der Waals surface area contributed by atoms with Gasteiger partial charge in [-0.25, -0.2) is 0 Å². The van der Waals surface area contributed by atoms with Gasteiger partial charge in [0.1, 0.15) is 5.75 Å². The highest BCUT2D eigenvalue weighted by molar-refractivity contribution is 5.91. The lowest BCUT2D eigenvalue weighted by Crippen LogP contribution is -2.27. The Hall–Kier alpha value is -1.77. The fourth-order valence-electron chi connectivity index (χ4n) is 2.00. The summed E-state index contributed by atoms with van der Waals surface area (Å²) < 4.78 is 0. The summed E-state index contributed by atoms with van der Waals surface area (Å²) in [6.45, 7) is 5.10. The molecule has 3 nitrogen and oxygen atoms in total. The smallest absolute Gasteiger partial charge is 0.244 e. The summed E-state index contributed by atoms with van der Waals surface area (Å²) >= 11 is 0. The molecule has 1 atom stereocenters. The van der Waals surface area contributed by atoms with Gasteiger partial charge in [0.25, 0.3) is 0 Å². The Labute approximate surface area is 121 Å². The quantitative estimate of drug-likeness (QED) is 0.710. The average Bonchev–Trinajstić information content (AvgIpc) is 2.47. The maximum Gasteiger partial charge on any atom is 0.244 e. The number of nitrogens with one attached hydrogen (secondary N) is 1. The molecule has 0 saturated carbocycles. The zero-order chi connectivity index (χ0) is 14.8. The second-order valence-corrected chi connectivity index (χ2v) is 5.09. The van der Waals surface area contributed by atoms with Crippen molar-refractivity contribution in [2.75, 3.05) is 6.54 Å². The second-order valence-electron chi connectivity index (χ2n) is 5.09. The topological polar surface area (TPSA) is 49.3 Å². The number of unbranched alkanes of at least 4 members (excludes halogenated alkanes) is 1. The van der Waals surface area contributed by atoms with Crippen molar-refractivity contribution in [1.29, 1.82) is 0 Å². The Bertz CT molecular complexity index is 423. The molecule has 0 aliphatic carbocycles. The molecule has 1 aromatic rings. The first kappa shape index (κ1) is 16.3. The lowest BCUT2D eigenvalue weighted by atomic mass is 9.99. The molecule has 3 heteroatoms. The van der Waals surface area contributed by atoms with Crippen molar-refractivity contribution in [2.24, 2.45) is 5.92 Å². The lowest BCUT2D eigenvalue weighted by Gasteiger charge is -2.14. The molecule has 0 aliphatic rings. The van der Waals surface area contributed by atoms with E-state index >= 15 is 0 Å². The predicted molar refractivity (Wildman–Crippen MR) is 83.5 cm³/mol. The average molecular weight is 275 g/mol. The van der Waals surface area contributed by atoms with Crippen molar-refractivity contribution in [3.8, 4) is 5.75 Å². The van der Waals surface area contributed by atoms with E-state index in [9.17, 15) is 9.90 Å². The molecule has 0 aromatic heterocycles. The first-order valence-corrected chi connectivity index (χ1v) is 7.40. The van der Waals surface area contributed by atoms with E-state index < -0.39 is 0 Å². The molecule has 1 aromatic carbocycles. The third kappa shape index (κ3) is 6.41. The van der Waals surface area contributed by atoms with Crippen molar-refractivity contribution >= 4 is 12.0 Å². The highest BCUT2D eigenvalue weighted by Crippen LogP contribution is 2.12. The molecule has 0 heterocycles. The number of amides is 1. The fourth-order valence-corrected chi connectivity index (χ4v) is 2.00. The van der Waals surface area contributed by atoms with E-state index in [4.69, 9.17) is 0 Å². The molecule has 1 amide bonds. The van der Waals surface area contributed by atoms with Crippen molar-refractivity contribution in [2.45, 2.75) is 39.5 Å². The van der Waals surface area contributed by atoms with Gasteiger partial charge in [-0.05, 0) is 36.1 Å². The molecule has 0 fully saturated rings. The number of carbonyl (C=O) groups is 1. The van der Waals surface area contributed by atoms with E-state index in [-0.39, 0.29) is 11.7 Å². The van der Waals surface area contributed by atoms with Crippen LogP contribution in [0.4, 0.5) is 0 Å². The van der Waals surface area contributed by atoms with Gasteiger partial charge < -0.3 is 10.4 Å². The molecular formula is C17H25NO2. The standard InChI is InChI=1S/C17H25NO2/c1-3-5-6-14(4-2)13-18-17(20)12-9-15-7-10-16(19)11-8-15/h7-12,14,19H,3-6,13H2,1-2H3,(H,18,20)/b12-9+. The van der Waals surface area contributed by atoms with Crippen LogP contribution in [0.15, 0.2) is 30.3 Å². The van der Waals surface area contributed by atoms with Crippen molar-refractivity contribution in [1.82, 2.24) is 5.32 Å². The minimum atomic E-state index is -0.0620. The Balaban J connectivity index is 2.37. The molecule has 20 heavy (non-hydrogen) atoms. The molecule has 2 N–H and O–H groups in total. The van der Waals surface area contributed by atoms with E-state index in [0.29, 0.717) is 5.92 Å². The molecule has 110 valence electrons. The highest BCUT2D eigenvalue weighted by Gasteiger charge is 2.06. The predicted octanol–water partition coefficient (Wildman–Crippen LogP) is 3.74. The largest absolute Gasteiger partial charge is 0.508 e. The van der Waals surface area contributed by atoms with E-state index in [1.54, 1.807) is 36.4 Å². The van der Waals surface area contributed by atoms with Gasteiger partial charge in [-0.15, -0.1) is 0 Å². The zero-order valence-corrected chi connectivity index (χ0v) is 12.4. The summed E-state index contributed by atoms with van der Waals surface area (Å²) in [5, 5.41) is 12.1. The van der Waals surface area contributed by atoms with Gasteiger partial charge in [-0.3, -0.25) is 4.79 Å². The zero-order valence-electron chi connectivity index (χ0n) is 12.4. The molecule has 0 aliphatic heterocycles. The third-order valence-electron chi connectivity index (χ3n) is 3.43. The SMILES string of the molecule is CCCCC(CC)CNC(=O)/C=C/c1ccc(O)cc1. The summed E-state index contributed by atoms with van der Waals surface area (Å²) in [4.78, 5) is 11.7. The van der Waals surface area contributed by atoms with Gasteiger partial charge in [0.2, 0.25) is 5.91 Å². The van der Waals surface area contributed by atoms with Crippen molar-refractivity contribution in [3.05, 3.63) is 35.9 Å². The number of benzene rings is 1. The van der Waals surface area contributed by atoms with Gasteiger partial charge in [0, 0.05) is 12.6 Å². The van der Waals surface area contributed by atoms with Gasteiger partial charge in [0.15, 0.2) is 0 Å². The van der Waals surface area contributed by atoms with Crippen molar-refractivity contribution in [3.63, 3.8) is 0 Å². The van der Waals surface area contributed by atoms with Gasteiger partial charge in [-0.2, -0.15) is 0 Å². The maximum atomic E-state index is 11.7. The first-order chi connectivity index (χ1) is 9.65. The molecule has 0 bridgehead atoms. The van der Waals surface area contributed by atoms with Gasteiger partial charge in [-0.1, -0.05) is 45.2 Å². The highest BCUT2D eigenvalue weighted by atomic mass is 16.3. The van der Waals surface area contributed by atoms with E-state index in [1.165, 1.54) is 19.3 Å². The van der Waals surface area contributed by atoms with Crippen LogP contribution < -0.4 is 5.32 Å². The molecule has 0 saturated heterocycles. The first-order valence-electron chi connectivity index (χ1n) is 7.40. The van der Waals surface area contributed by atoms with Crippen LogP contribution in [-0.4, -0.2) is 17.6 Å². The number of rotatable bonds is 8. The van der Waals surface area contributed by atoms with Crippen LogP contribution in [0.25, 0.3) is 6.08 Å². The van der Waals surface area contributed by atoms with Crippen LogP contribution in [0.3, 0.4) is 0 Å². The van der Waals surface area contributed by atoms with Crippen LogP contribution in [0.2, 0.25) is 0 Å². The van der Waals surface area contributed by atoms with E-state index in [1.807, 2.05) is 0 Å². The fraction of sp³-hybridized carbons (Fsp3) is 0.471. The Kier molecular flexibility index (Phi) is 7.48. The number of aromatic hydroxyl groups is 1. The van der Waals surface area contributed by atoms with Gasteiger partial charge in [0.05, 0.1) is 0 Å². The second kappa shape index (κ2) is 9.18. The summed E-state index contributed by atoms with van der Waals surface area (Å²) in [5.74, 6) is 0.738. The maximum absolute atomic E-state index is 11.7. The third-order valence-corrected chi connectivity index (χ3v) is 3.43. The van der Waals surface area contributed by atoms with Crippen LogP contribution in [-0.2, 0) is 4.79 Å². The summed E-state index contributed by atoms with van der Waals surface area (Å²) in [6, 6.07) is 6.76. The van der Waals surface area contributed by atoms with Gasteiger partial charge >= 0.3 is 0 Å². The number of carbonyl (C=O) groups excluding carboxylic acids is 1. The summed E-state index contributed by atoms with van der Waals surface area (Å²) in [5.41, 5.74) is 0.899. The van der Waals surface area contributed by atoms with E-state index in [0.717, 1.165) is 18.5 Å². The number of phenolic OH excluding ortho intramolecular Hbond substituents is 1. The Morgan fingerprint density at radius 2 is 2.00 bits per heavy atom. The molecule has 1 unspecified atom stereocenters. The van der Waals surface area contributed by atoms with Crippen LogP contribution in [0.1, 0.15) is 45.1 Å². The monoisotopic (exact) mass is 275 g/mol. The molecule has 1 rings (SSSR count).